The maximum Gasteiger partial charge on any atom is 2.00 e. The van der Waals surface area contributed by atoms with Crippen molar-refractivity contribution in [3.63, 3.8) is 0 Å². The molecular formula is C36H76Zn8. The van der Waals surface area contributed by atoms with Crippen molar-refractivity contribution in [1.82, 2.24) is 0 Å². The fourth-order valence-electron chi connectivity index (χ4n) is 1.41. The molecule has 0 amide bonds. The van der Waals surface area contributed by atoms with Gasteiger partial charge in [0.25, 0.3) is 0 Å². The van der Waals surface area contributed by atoms with Gasteiger partial charge in [-0.1, -0.05) is 51.4 Å². The largest absolute Gasteiger partial charge is 2.00 e. The Kier molecular flexibility index (Phi) is 642. The summed E-state index contributed by atoms with van der Waals surface area (Å²) in [4.78, 5) is 0. The van der Waals surface area contributed by atoms with E-state index in [1.165, 1.54) is 51.4 Å². The summed E-state index contributed by atoms with van der Waals surface area (Å²) in [7, 11) is 0. The van der Waals surface area contributed by atoms with Crippen molar-refractivity contribution in [1.29, 1.82) is 0 Å². The molecule has 44 heavy (non-hydrogen) atoms. The zero-order valence-electron chi connectivity index (χ0n) is 32.3. The van der Waals surface area contributed by atoms with Crippen LogP contribution < -0.4 is 0 Å². The van der Waals surface area contributed by atoms with Crippen LogP contribution in [0.5, 0.6) is 0 Å². The van der Waals surface area contributed by atoms with Gasteiger partial charge in [-0.15, -0.1) is 0 Å². The smallest absolute Gasteiger partial charge is 0.372 e. The van der Waals surface area contributed by atoms with Crippen LogP contribution in [0.3, 0.4) is 0 Å². The van der Waals surface area contributed by atoms with Crippen molar-refractivity contribution in [2.45, 2.75) is 130 Å². The monoisotopic (exact) mass is 1020 g/mol. The SMILES string of the molecule is [CH2-]C.[CH2-]C.[CH2-]C.[CH2-]C.[CH2-]CCCCCC[CH2-].[CH2-]CCCCCC[CH2-].[CH2-]C[CH2-].[CH2-]C[CH2-].[CH2-]C[CH2-].[CH2-]C[CH2-].[Zn+2].[Zn+2].[Zn+2].[Zn+2].[Zn+2].[Zn+2].[Zn+2].[Zn+2]. The molecule has 0 saturated carbocycles. The first kappa shape index (κ1) is 117. The summed E-state index contributed by atoms with van der Waals surface area (Å²) in [5.74, 6) is 0. The van der Waals surface area contributed by atoms with Gasteiger partial charge in [-0.2, -0.15) is 53.4 Å². The topological polar surface area (TPSA) is 0 Å². The van der Waals surface area contributed by atoms with E-state index < -0.39 is 0 Å². The Bertz CT molecular complexity index is 126. The van der Waals surface area contributed by atoms with E-state index in [-0.39, 0.29) is 156 Å². The quantitative estimate of drug-likeness (QED) is 0.116. The normalized spacial score (nSPS) is 5.73. The molecule has 0 atom stereocenters. The summed E-state index contributed by atoms with van der Waals surface area (Å²) in [6.45, 7) is 62.1. The van der Waals surface area contributed by atoms with Crippen LogP contribution >= 0.6 is 0 Å². The first-order valence-corrected chi connectivity index (χ1v) is 13.8. The van der Waals surface area contributed by atoms with E-state index in [1.54, 1.807) is 27.7 Å². The third kappa shape index (κ3) is 442. The Hall–Kier alpha value is 4.99. The third-order valence-electron chi connectivity index (χ3n) is 2.50. The summed E-state index contributed by atoms with van der Waals surface area (Å²) in [6, 6.07) is 0. The Morgan fingerprint density at radius 1 is 0.205 bits per heavy atom. The Morgan fingerprint density at radius 3 is 0.318 bits per heavy atom. The second kappa shape index (κ2) is 241. The molecule has 0 aliphatic rings. The minimum Gasteiger partial charge on any atom is -0.372 e. The molecule has 0 aromatic rings. The van der Waals surface area contributed by atoms with Crippen molar-refractivity contribution >= 4 is 0 Å². The molecule has 0 unspecified atom stereocenters. The molecule has 0 aliphatic heterocycles. The van der Waals surface area contributed by atoms with Gasteiger partial charge in [-0.05, 0) is 0 Å². The molecule has 0 aromatic heterocycles. The maximum absolute atomic E-state index is 3.77. The molecule has 0 aromatic carbocycles. The van der Waals surface area contributed by atoms with Gasteiger partial charge in [-0.3, -0.25) is 0 Å². The Balaban J connectivity index is -0.0000000110. The zero-order chi connectivity index (χ0) is 31.3. The van der Waals surface area contributed by atoms with E-state index in [9.17, 15) is 0 Å². The van der Waals surface area contributed by atoms with Crippen molar-refractivity contribution in [2.75, 3.05) is 0 Å². The molecule has 0 aliphatic carbocycles. The summed E-state index contributed by atoms with van der Waals surface area (Å²) in [5.41, 5.74) is 0. The predicted octanol–water partition coefficient (Wildman–Crippen LogP) is 13.5. The van der Waals surface area contributed by atoms with Gasteiger partial charge in [0.1, 0.15) is 0 Å². The molecule has 236 valence electrons. The Labute approximate surface area is 392 Å². The first-order chi connectivity index (χ1) is 17.5. The summed E-state index contributed by atoms with van der Waals surface area (Å²) in [5, 5.41) is 0. The fourth-order valence-corrected chi connectivity index (χ4v) is 1.41. The van der Waals surface area contributed by atoms with E-state index in [0.29, 0.717) is 0 Å². The maximum atomic E-state index is 3.77. The van der Waals surface area contributed by atoms with Crippen LogP contribution in [0.1, 0.15) is 130 Å². The zero-order valence-corrected chi connectivity index (χ0v) is 56.0. The number of hydrogen-bond acceptors (Lipinski definition) is 0. The van der Waals surface area contributed by atoms with Gasteiger partial charge in [0.2, 0.25) is 0 Å². The Morgan fingerprint density at radius 2 is 0.273 bits per heavy atom. The number of rotatable bonds is 10. The van der Waals surface area contributed by atoms with Crippen LogP contribution in [0.25, 0.3) is 0 Å². The fraction of sp³-hybridized carbons (Fsp3) is 0.556. The standard InChI is InChI=1S/2C8H16.4C3H6.4C2H5.8Zn/c2*1-3-5-7-8-6-4-2;4*1-3-2;4*1-2;;;;;;;;/h2*1-8H2;4*1-3H2;4*1H2,2H3;;;;;;;;/q6*-2;4*-1;8*+2. The molecule has 0 N–H and O–H groups in total. The van der Waals surface area contributed by atoms with E-state index in [1.807, 2.05) is 0 Å². The van der Waals surface area contributed by atoms with Crippen molar-refractivity contribution in [3.8, 4) is 0 Å². The van der Waals surface area contributed by atoms with Crippen LogP contribution in [0.4, 0.5) is 0 Å². The van der Waals surface area contributed by atoms with Gasteiger partial charge in [0, 0.05) is 0 Å². The second-order valence-corrected chi connectivity index (χ2v) is 5.66. The molecule has 0 rings (SSSR count). The van der Waals surface area contributed by atoms with Gasteiger partial charge in [0.15, 0.2) is 0 Å². The van der Waals surface area contributed by atoms with Gasteiger partial charge < -0.3 is 136 Å². The van der Waals surface area contributed by atoms with Crippen molar-refractivity contribution in [2.24, 2.45) is 0 Å². The van der Waals surface area contributed by atoms with Gasteiger partial charge in [-0.25, -0.2) is 0 Å². The molecular weight excluding hydrogens is 956 g/mol. The van der Waals surface area contributed by atoms with E-state index >= 15 is 0 Å². The minimum absolute atomic E-state index is 0. The van der Waals surface area contributed by atoms with Crippen LogP contribution in [-0.4, -0.2) is 0 Å². The average molecular weight is 1030 g/mol. The summed E-state index contributed by atoms with van der Waals surface area (Å²) < 4.78 is 0. The summed E-state index contributed by atoms with van der Waals surface area (Å²) >= 11 is 0. The average Bonchev–Trinajstić information content (AvgIpc) is 2.92. The van der Waals surface area contributed by atoms with Gasteiger partial charge >= 0.3 is 156 Å². The number of unbranched alkanes of at least 4 members (excludes halogenated alkanes) is 10. The van der Waals surface area contributed by atoms with Crippen LogP contribution in [-0.2, 0) is 156 Å². The third-order valence-corrected chi connectivity index (χ3v) is 2.50. The minimum atomic E-state index is 0. The first-order valence-electron chi connectivity index (χ1n) is 13.8. The number of hydrogen-bond donors (Lipinski definition) is 0. The molecule has 8 heteroatoms. The van der Waals surface area contributed by atoms with E-state index in [2.05, 4.69) is 111 Å². The molecule has 0 saturated heterocycles. The molecule has 0 nitrogen and oxygen atoms in total. The van der Waals surface area contributed by atoms with Crippen LogP contribution in [0.15, 0.2) is 0 Å². The molecule has 0 spiro atoms. The second-order valence-electron chi connectivity index (χ2n) is 5.66. The van der Waals surface area contributed by atoms with Crippen molar-refractivity contribution < 1.29 is 156 Å². The van der Waals surface area contributed by atoms with Crippen LogP contribution in [0.2, 0.25) is 0 Å². The van der Waals surface area contributed by atoms with E-state index in [4.69, 9.17) is 0 Å². The molecule has 0 bridgehead atoms. The van der Waals surface area contributed by atoms with Crippen LogP contribution in [0, 0.1) is 111 Å². The molecule has 0 fully saturated rings. The van der Waals surface area contributed by atoms with Crippen molar-refractivity contribution in [3.05, 3.63) is 111 Å². The summed E-state index contributed by atoms with van der Waals surface area (Å²) in [6.07, 6.45) is 17.9. The molecule has 0 heterocycles. The molecule has 0 radical (unpaired) electrons. The predicted molar refractivity (Wildman–Crippen MR) is 182 cm³/mol. The van der Waals surface area contributed by atoms with Gasteiger partial charge in [0.05, 0.1) is 0 Å². The van der Waals surface area contributed by atoms with E-state index in [0.717, 1.165) is 51.4 Å².